The van der Waals surface area contributed by atoms with Crippen LogP contribution in [-0.2, 0) is 26.3 Å². The summed E-state index contributed by atoms with van der Waals surface area (Å²) in [4.78, 5) is 0. The Morgan fingerprint density at radius 1 is 1.17 bits per heavy atom. The Morgan fingerprint density at radius 2 is 2.00 bits per heavy atom. The van der Waals surface area contributed by atoms with Crippen molar-refractivity contribution in [1.29, 1.82) is 0 Å². The minimum Gasteiger partial charge on any atom is -0.354 e. The van der Waals surface area contributed by atoms with Crippen molar-refractivity contribution in [2.75, 3.05) is 0 Å². The zero-order valence-electron chi connectivity index (χ0n) is 12.8. The highest BCUT2D eigenvalue weighted by atomic mass is 35.5. The van der Waals surface area contributed by atoms with Crippen molar-refractivity contribution in [3.8, 4) is 0 Å². The number of benzene rings is 1. The zero-order chi connectivity index (χ0) is 16.4. The second kappa shape index (κ2) is 6.76. The molecule has 0 spiro atoms. The Kier molecular flexibility index (Phi) is 4.73. The van der Waals surface area contributed by atoms with Crippen LogP contribution >= 0.6 is 23.4 Å². The molecular weight excluding hydrogens is 335 g/mol. The van der Waals surface area contributed by atoms with E-state index in [0.29, 0.717) is 22.8 Å². The van der Waals surface area contributed by atoms with E-state index < -0.39 is 0 Å². The SMILES string of the molecule is Cn1cccc1Cc1nnc(SCc2c(F)cccc2Cl)n1C. The molecule has 0 fully saturated rings. The van der Waals surface area contributed by atoms with Gasteiger partial charge < -0.3 is 9.13 Å². The first-order valence-corrected chi connectivity index (χ1v) is 8.47. The third kappa shape index (κ3) is 3.43. The Bertz CT molecular complexity index is 807. The van der Waals surface area contributed by atoms with Crippen LogP contribution < -0.4 is 0 Å². The summed E-state index contributed by atoms with van der Waals surface area (Å²) in [6.45, 7) is 0. The summed E-state index contributed by atoms with van der Waals surface area (Å²) in [5, 5.41) is 9.62. The van der Waals surface area contributed by atoms with Gasteiger partial charge in [-0.3, -0.25) is 0 Å². The van der Waals surface area contributed by atoms with Crippen LogP contribution in [0.15, 0.2) is 41.7 Å². The van der Waals surface area contributed by atoms with Gasteiger partial charge >= 0.3 is 0 Å². The predicted molar refractivity (Wildman–Crippen MR) is 90.2 cm³/mol. The number of hydrogen-bond donors (Lipinski definition) is 0. The van der Waals surface area contributed by atoms with E-state index in [1.165, 1.54) is 17.8 Å². The van der Waals surface area contributed by atoms with Crippen LogP contribution in [0, 0.1) is 5.82 Å². The monoisotopic (exact) mass is 350 g/mol. The highest BCUT2D eigenvalue weighted by molar-refractivity contribution is 7.98. The van der Waals surface area contributed by atoms with Gasteiger partial charge in [-0.15, -0.1) is 10.2 Å². The minimum absolute atomic E-state index is 0.295. The summed E-state index contributed by atoms with van der Waals surface area (Å²) >= 11 is 7.48. The van der Waals surface area contributed by atoms with E-state index in [1.54, 1.807) is 12.1 Å². The van der Waals surface area contributed by atoms with Gasteiger partial charge in [0.05, 0.1) is 0 Å². The number of nitrogens with zero attached hydrogens (tertiary/aromatic N) is 4. The van der Waals surface area contributed by atoms with Crippen LogP contribution in [0.1, 0.15) is 17.1 Å². The first-order valence-electron chi connectivity index (χ1n) is 7.10. The molecule has 0 bridgehead atoms. The van der Waals surface area contributed by atoms with Gasteiger partial charge in [-0.2, -0.15) is 0 Å². The first-order chi connectivity index (χ1) is 11.1. The average Bonchev–Trinajstić information content (AvgIpc) is 3.07. The van der Waals surface area contributed by atoms with Gasteiger partial charge in [0.2, 0.25) is 0 Å². The van der Waals surface area contributed by atoms with Crippen molar-refractivity contribution in [2.24, 2.45) is 14.1 Å². The molecule has 0 radical (unpaired) electrons. The van der Waals surface area contributed by atoms with E-state index in [0.717, 1.165) is 16.7 Å². The van der Waals surface area contributed by atoms with Crippen molar-refractivity contribution in [3.63, 3.8) is 0 Å². The molecule has 120 valence electrons. The molecule has 3 rings (SSSR count). The third-order valence-electron chi connectivity index (χ3n) is 3.72. The summed E-state index contributed by atoms with van der Waals surface area (Å²) in [6.07, 6.45) is 2.70. The third-order valence-corrected chi connectivity index (χ3v) is 5.12. The quantitative estimate of drug-likeness (QED) is 0.656. The molecule has 3 aromatic rings. The van der Waals surface area contributed by atoms with Gasteiger partial charge in [-0.1, -0.05) is 29.4 Å². The predicted octanol–water partition coefficient (Wildman–Crippen LogP) is 3.83. The van der Waals surface area contributed by atoms with E-state index in [2.05, 4.69) is 20.8 Å². The first kappa shape index (κ1) is 16.1. The highest BCUT2D eigenvalue weighted by Gasteiger charge is 2.13. The summed E-state index contributed by atoms with van der Waals surface area (Å²) < 4.78 is 17.8. The zero-order valence-corrected chi connectivity index (χ0v) is 14.4. The molecule has 0 atom stereocenters. The fourth-order valence-electron chi connectivity index (χ4n) is 2.27. The van der Waals surface area contributed by atoms with E-state index in [1.807, 2.05) is 30.9 Å². The maximum atomic E-state index is 13.8. The number of hydrogen-bond acceptors (Lipinski definition) is 3. The molecule has 1 aromatic carbocycles. The molecule has 23 heavy (non-hydrogen) atoms. The Balaban J connectivity index is 1.74. The summed E-state index contributed by atoms with van der Waals surface area (Å²) in [5.41, 5.74) is 1.65. The number of thioether (sulfide) groups is 1. The topological polar surface area (TPSA) is 35.6 Å². The Hall–Kier alpha value is -1.79. The van der Waals surface area contributed by atoms with Crippen LogP contribution in [-0.4, -0.2) is 19.3 Å². The molecular formula is C16H16ClFN4S. The van der Waals surface area contributed by atoms with E-state index in [9.17, 15) is 4.39 Å². The van der Waals surface area contributed by atoms with Gasteiger partial charge in [-0.25, -0.2) is 4.39 Å². The van der Waals surface area contributed by atoms with Crippen LogP contribution in [0.2, 0.25) is 5.02 Å². The fourth-order valence-corrected chi connectivity index (χ4v) is 3.55. The van der Waals surface area contributed by atoms with E-state index in [-0.39, 0.29) is 5.82 Å². The molecule has 2 heterocycles. The standard InChI is InChI=1S/C16H16ClFN4S/c1-21-8-4-5-11(21)9-15-19-20-16(22(15)2)23-10-12-13(17)6-3-7-14(12)18/h3-8H,9-10H2,1-2H3. The lowest BCUT2D eigenvalue weighted by atomic mass is 10.2. The molecule has 0 saturated carbocycles. The Morgan fingerprint density at radius 3 is 2.70 bits per heavy atom. The molecule has 0 N–H and O–H groups in total. The molecule has 0 aliphatic rings. The molecule has 0 aliphatic heterocycles. The lowest BCUT2D eigenvalue weighted by molar-refractivity contribution is 0.617. The van der Waals surface area contributed by atoms with Crippen LogP contribution in [0.25, 0.3) is 0 Å². The smallest absolute Gasteiger partial charge is 0.191 e. The lowest BCUT2D eigenvalue weighted by Gasteiger charge is -2.06. The summed E-state index contributed by atoms with van der Waals surface area (Å²) in [5.74, 6) is 0.992. The Labute approximate surface area is 143 Å². The molecule has 2 aromatic heterocycles. The van der Waals surface area contributed by atoms with Crippen molar-refractivity contribution >= 4 is 23.4 Å². The van der Waals surface area contributed by atoms with Crippen LogP contribution in [0.5, 0.6) is 0 Å². The van der Waals surface area contributed by atoms with E-state index >= 15 is 0 Å². The summed E-state index contributed by atoms with van der Waals surface area (Å²) in [7, 11) is 3.92. The number of aromatic nitrogens is 4. The van der Waals surface area contributed by atoms with Gasteiger partial charge in [0.1, 0.15) is 11.6 Å². The van der Waals surface area contributed by atoms with Gasteiger partial charge in [0, 0.05) is 48.7 Å². The largest absolute Gasteiger partial charge is 0.354 e. The van der Waals surface area contributed by atoms with Crippen molar-refractivity contribution in [1.82, 2.24) is 19.3 Å². The second-order valence-corrected chi connectivity index (χ2v) is 6.58. The maximum absolute atomic E-state index is 13.8. The lowest BCUT2D eigenvalue weighted by Crippen LogP contribution is -2.03. The molecule has 0 amide bonds. The summed E-state index contributed by atoms with van der Waals surface area (Å²) in [6, 6.07) is 8.77. The van der Waals surface area contributed by atoms with Gasteiger partial charge in [0.15, 0.2) is 5.16 Å². The maximum Gasteiger partial charge on any atom is 0.191 e. The van der Waals surface area contributed by atoms with Crippen LogP contribution in [0.3, 0.4) is 0 Å². The highest BCUT2D eigenvalue weighted by Crippen LogP contribution is 2.27. The minimum atomic E-state index is -0.295. The number of rotatable bonds is 5. The van der Waals surface area contributed by atoms with Crippen molar-refractivity contribution in [3.05, 3.63) is 64.5 Å². The van der Waals surface area contributed by atoms with Crippen molar-refractivity contribution < 1.29 is 4.39 Å². The number of halogens is 2. The number of aryl methyl sites for hydroxylation is 1. The average molecular weight is 351 g/mol. The van der Waals surface area contributed by atoms with E-state index in [4.69, 9.17) is 11.6 Å². The molecule has 0 unspecified atom stereocenters. The second-order valence-electron chi connectivity index (χ2n) is 5.23. The normalized spacial score (nSPS) is 11.1. The molecule has 0 aliphatic carbocycles. The van der Waals surface area contributed by atoms with Gasteiger partial charge in [-0.05, 0) is 24.3 Å². The molecule has 4 nitrogen and oxygen atoms in total. The molecule has 7 heteroatoms. The van der Waals surface area contributed by atoms with Gasteiger partial charge in [0.25, 0.3) is 0 Å². The fraction of sp³-hybridized carbons (Fsp3) is 0.250. The molecule has 0 saturated heterocycles. The van der Waals surface area contributed by atoms with Crippen LogP contribution in [0.4, 0.5) is 4.39 Å². The van der Waals surface area contributed by atoms with Crippen molar-refractivity contribution in [2.45, 2.75) is 17.3 Å².